The number of carbonyl (C=O) groups excluding carboxylic acids is 1. The quantitative estimate of drug-likeness (QED) is 0.854. The number of urea groups is 1. The Labute approximate surface area is 151 Å². The number of aryl methyl sites for hydroxylation is 2. The number of hydrogen-bond donors (Lipinski definition) is 1. The summed E-state index contributed by atoms with van der Waals surface area (Å²) in [7, 11) is 2.07. The lowest BCUT2D eigenvalue weighted by Gasteiger charge is -2.33. The molecule has 0 saturated carbocycles. The van der Waals surface area contributed by atoms with Gasteiger partial charge in [-0.25, -0.2) is 4.79 Å². The van der Waals surface area contributed by atoms with E-state index < -0.39 is 0 Å². The van der Waals surface area contributed by atoms with Gasteiger partial charge in [-0.15, -0.1) is 0 Å². The second-order valence-electron chi connectivity index (χ2n) is 7.40. The molecule has 2 atom stereocenters. The van der Waals surface area contributed by atoms with Crippen LogP contribution in [-0.4, -0.2) is 71.9 Å². The minimum Gasteiger partial charge on any atom is -0.379 e. The van der Waals surface area contributed by atoms with Gasteiger partial charge in [0.2, 0.25) is 0 Å². The smallest absolute Gasteiger partial charge is 0.317 e. The van der Waals surface area contributed by atoms with E-state index in [1.165, 1.54) is 5.69 Å². The predicted molar refractivity (Wildman–Crippen MR) is 98.7 cm³/mol. The van der Waals surface area contributed by atoms with Gasteiger partial charge in [-0.3, -0.25) is 4.90 Å². The molecule has 140 valence electrons. The third kappa shape index (κ3) is 4.98. The molecule has 3 heterocycles. The molecule has 1 N–H and O–H groups in total. The van der Waals surface area contributed by atoms with Crippen LogP contribution in [0.1, 0.15) is 31.9 Å². The molecule has 6 heteroatoms. The van der Waals surface area contributed by atoms with Gasteiger partial charge >= 0.3 is 6.03 Å². The molecule has 0 aliphatic carbocycles. The van der Waals surface area contributed by atoms with Gasteiger partial charge in [0.15, 0.2) is 0 Å². The zero-order chi connectivity index (χ0) is 17.6. The monoisotopic (exact) mass is 348 g/mol. The number of hydrogen-bond acceptors (Lipinski definition) is 3. The summed E-state index contributed by atoms with van der Waals surface area (Å²) < 4.78 is 7.57. The highest BCUT2D eigenvalue weighted by Gasteiger charge is 2.31. The van der Waals surface area contributed by atoms with E-state index in [-0.39, 0.29) is 12.1 Å². The molecule has 0 radical (unpaired) electrons. The molecule has 0 bridgehead atoms. The molecule has 2 aliphatic heterocycles. The highest BCUT2D eigenvalue weighted by Crippen LogP contribution is 2.19. The van der Waals surface area contributed by atoms with Gasteiger partial charge in [-0.1, -0.05) is 0 Å². The Morgan fingerprint density at radius 3 is 2.88 bits per heavy atom. The largest absolute Gasteiger partial charge is 0.379 e. The molecule has 6 nitrogen and oxygen atoms in total. The Hall–Kier alpha value is -1.53. The van der Waals surface area contributed by atoms with Crippen LogP contribution in [0.2, 0.25) is 0 Å². The molecule has 2 aliphatic rings. The van der Waals surface area contributed by atoms with Gasteiger partial charge < -0.3 is 19.5 Å². The van der Waals surface area contributed by atoms with Gasteiger partial charge in [0.05, 0.1) is 13.2 Å². The minimum atomic E-state index is 0.107. The standard InChI is InChI=1S/C19H32N4O2/c1-16(7-8-17-5-3-9-21(17)2)20-19(24)23-10-4-6-18(23)15-22-11-13-25-14-12-22/h3,5,9,16,18H,4,6-8,10-15H2,1-2H3,(H,20,24)/t16-,18-/m1/s1. The predicted octanol–water partition coefficient (Wildman–Crippen LogP) is 1.85. The first-order valence-electron chi connectivity index (χ1n) is 9.61. The van der Waals surface area contributed by atoms with Crippen LogP contribution >= 0.6 is 0 Å². The van der Waals surface area contributed by atoms with Gasteiger partial charge in [-0.05, 0) is 44.7 Å². The number of ether oxygens (including phenoxy) is 1. The fourth-order valence-electron chi connectivity index (χ4n) is 3.86. The van der Waals surface area contributed by atoms with Crippen molar-refractivity contribution >= 4 is 6.03 Å². The summed E-state index contributed by atoms with van der Waals surface area (Å²) in [5, 5.41) is 3.21. The molecule has 3 rings (SSSR count). The number of morpholine rings is 1. The fourth-order valence-corrected chi connectivity index (χ4v) is 3.86. The zero-order valence-corrected chi connectivity index (χ0v) is 15.6. The maximum Gasteiger partial charge on any atom is 0.317 e. The van der Waals surface area contributed by atoms with E-state index >= 15 is 0 Å². The van der Waals surface area contributed by atoms with Gasteiger partial charge in [0.1, 0.15) is 0 Å². The van der Waals surface area contributed by atoms with Gasteiger partial charge in [-0.2, -0.15) is 0 Å². The third-order valence-electron chi connectivity index (χ3n) is 5.47. The summed E-state index contributed by atoms with van der Waals surface area (Å²) in [6, 6.07) is 4.85. The van der Waals surface area contributed by atoms with Crippen molar-refractivity contribution in [3.05, 3.63) is 24.0 Å². The van der Waals surface area contributed by atoms with Crippen molar-refractivity contribution in [1.29, 1.82) is 0 Å². The summed E-state index contributed by atoms with van der Waals surface area (Å²) >= 11 is 0. The maximum absolute atomic E-state index is 12.7. The summed E-state index contributed by atoms with van der Waals surface area (Å²) in [4.78, 5) is 17.2. The molecule has 2 saturated heterocycles. The molecule has 1 aromatic rings. The van der Waals surface area contributed by atoms with E-state index in [9.17, 15) is 4.79 Å². The number of nitrogens with one attached hydrogen (secondary N) is 1. The Morgan fingerprint density at radius 2 is 2.16 bits per heavy atom. The number of nitrogens with zero attached hydrogens (tertiary/aromatic N) is 3. The first kappa shape index (κ1) is 18.3. The van der Waals surface area contributed by atoms with Crippen molar-refractivity contribution in [2.45, 2.75) is 44.7 Å². The number of aromatic nitrogens is 1. The molecule has 0 aromatic carbocycles. The average Bonchev–Trinajstić information content (AvgIpc) is 3.23. The number of rotatable bonds is 6. The van der Waals surface area contributed by atoms with Crippen LogP contribution in [0.5, 0.6) is 0 Å². The Morgan fingerprint density at radius 1 is 1.36 bits per heavy atom. The number of amides is 2. The lowest BCUT2D eigenvalue weighted by atomic mass is 10.1. The molecule has 0 spiro atoms. The van der Waals surface area contributed by atoms with Crippen molar-refractivity contribution in [2.24, 2.45) is 7.05 Å². The van der Waals surface area contributed by atoms with E-state index in [1.807, 2.05) is 0 Å². The summed E-state index contributed by atoms with van der Waals surface area (Å²) in [6.07, 6.45) is 6.25. The zero-order valence-electron chi connectivity index (χ0n) is 15.6. The topological polar surface area (TPSA) is 49.7 Å². The van der Waals surface area contributed by atoms with Crippen LogP contribution in [0.25, 0.3) is 0 Å². The first-order valence-corrected chi connectivity index (χ1v) is 9.61. The summed E-state index contributed by atoms with van der Waals surface area (Å²) in [5.74, 6) is 0. The van der Waals surface area contributed by atoms with Crippen molar-refractivity contribution < 1.29 is 9.53 Å². The van der Waals surface area contributed by atoms with E-state index in [1.54, 1.807) is 0 Å². The molecular formula is C19H32N4O2. The van der Waals surface area contributed by atoms with Crippen LogP contribution in [0.15, 0.2) is 18.3 Å². The molecule has 25 heavy (non-hydrogen) atoms. The minimum absolute atomic E-state index is 0.107. The summed E-state index contributed by atoms with van der Waals surface area (Å²) in [5.41, 5.74) is 1.31. The van der Waals surface area contributed by atoms with Crippen molar-refractivity contribution in [1.82, 2.24) is 19.7 Å². The molecule has 1 aromatic heterocycles. The molecule has 2 fully saturated rings. The lowest BCUT2D eigenvalue weighted by molar-refractivity contribution is 0.0291. The van der Waals surface area contributed by atoms with E-state index in [4.69, 9.17) is 4.74 Å². The maximum atomic E-state index is 12.7. The SMILES string of the molecule is C[C@H](CCc1cccn1C)NC(=O)N1CCC[C@@H]1CN1CCOCC1. The summed E-state index contributed by atoms with van der Waals surface area (Å²) in [6.45, 7) is 7.57. The Bertz CT molecular complexity index is 553. The van der Waals surface area contributed by atoms with Crippen LogP contribution in [0.4, 0.5) is 4.79 Å². The first-order chi connectivity index (χ1) is 12.1. The third-order valence-corrected chi connectivity index (χ3v) is 5.47. The highest BCUT2D eigenvalue weighted by molar-refractivity contribution is 5.75. The van der Waals surface area contributed by atoms with E-state index in [0.717, 1.165) is 65.1 Å². The molecular weight excluding hydrogens is 316 g/mol. The average molecular weight is 348 g/mol. The van der Waals surface area contributed by atoms with Crippen LogP contribution in [-0.2, 0) is 18.2 Å². The van der Waals surface area contributed by atoms with Crippen molar-refractivity contribution in [2.75, 3.05) is 39.4 Å². The van der Waals surface area contributed by atoms with E-state index in [0.29, 0.717) is 6.04 Å². The second-order valence-corrected chi connectivity index (χ2v) is 7.40. The number of likely N-dealkylation sites (tertiary alicyclic amines) is 1. The molecule has 0 unspecified atom stereocenters. The molecule has 2 amide bonds. The van der Waals surface area contributed by atoms with E-state index in [2.05, 4.69) is 52.0 Å². The van der Waals surface area contributed by atoms with Crippen molar-refractivity contribution in [3.8, 4) is 0 Å². The Kier molecular flexibility index (Phi) is 6.37. The van der Waals surface area contributed by atoms with Crippen LogP contribution in [0, 0.1) is 0 Å². The van der Waals surface area contributed by atoms with Crippen molar-refractivity contribution in [3.63, 3.8) is 0 Å². The fraction of sp³-hybridized carbons (Fsp3) is 0.737. The Balaban J connectivity index is 1.45. The normalized spacial score (nSPS) is 23.0. The van der Waals surface area contributed by atoms with Crippen LogP contribution in [0.3, 0.4) is 0 Å². The number of carbonyl (C=O) groups is 1. The van der Waals surface area contributed by atoms with Gasteiger partial charge in [0, 0.05) is 57.2 Å². The lowest BCUT2D eigenvalue weighted by Crippen LogP contribution is -2.50. The highest BCUT2D eigenvalue weighted by atomic mass is 16.5. The van der Waals surface area contributed by atoms with Crippen LogP contribution < -0.4 is 5.32 Å². The van der Waals surface area contributed by atoms with Gasteiger partial charge in [0.25, 0.3) is 0 Å². The second kappa shape index (κ2) is 8.72.